The van der Waals surface area contributed by atoms with Gasteiger partial charge in [0, 0.05) is 16.7 Å². The number of benzene rings is 2. The van der Waals surface area contributed by atoms with Crippen molar-refractivity contribution in [3.63, 3.8) is 0 Å². The number of fused-ring (bicyclic) bond motifs is 1. The molecule has 0 aliphatic carbocycles. The predicted molar refractivity (Wildman–Crippen MR) is 126 cm³/mol. The lowest BCUT2D eigenvalue weighted by atomic mass is 9.96. The van der Waals surface area contributed by atoms with Crippen LogP contribution in [0.25, 0.3) is 22.3 Å². The van der Waals surface area contributed by atoms with Gasteiger partial charge in [0.05, 0.1) is 5.56 Å². The van der Waals surface area contributed by atoms with Gasteiger partial charge in [-0.3, -0.25) is 4.79 Å². The number of hydrogen-bond acceptors (Lipinski definition) is 6. The molecule has 0 atom stereocenters. The van der Waals surface area contributed by atoms with E-state index in [1.54, 1.807) is 0 Å². The third kappa shape index (κ3) is 4.62. The van der Waals surface area contributed by atoms with E-state index in [1.807, 2.05) is 39.8 Å². The number of hydrogen-bond donors (Lipinski definition) is 4. The summed E-state index contributed by atoms with van der Waals surface area (Å²) in [5, 5.41) is 41.4. The molecule has 7 heteroatoms. The second-order valence-electron chi connectivity index (χ2n) is 8.32. The molecule has 1 aromatic heterocycles. The van der Waals surface area contributed by atoms with E-state index in [2.05, 4.69) is 0 Å². The Balaban J connectivity index is 2.38. The summed E-state index contributed by atoms with van der Waals surface area (Å²) < 4.78 is 5.90. The van der Waals surface area contributed by atoms with Crippen molar-refractivity contribution in [3.8, 4) is 28.6 Å². The Hall–Kier alpha value is -4.00. The molecule has 0 radical (unpaired) electrons. The number of carbonyl (C=O) groups is 1. The van der Waals surface area contributed by atoms with Gasteiger partial charge in [-0.2, -0.15) is 0 Å². The molecular weight excluding hydrogens is 424 g/mol. The largest absolute Gasteiger partial charge is 0.507 e. The first-order valence-electron chi connectivity index (χ1n) is 10.4. The van der Waals surface area contributed by atoms with Crippen molar-refractivity contribution in [1.82, 2.24) is 0 Å². The zero-order chi connectivity index (χ0) is 24.4. The average molecular weight is 450 g/mol. The molecule has 3 rings (SSSR count). The quantitative estimate of drug-likeness (QED) is 0.376. The highest BCUT2D eigenvalue weighted by Crippen LogP contribution is 2.42. The Morgan fingerprint density at radius 2 is 1.39 bits per heavy atom. The zero-order valence-electron chi connectivity index (χ0n) is 18.9. The predicted octanol–water partition coefficient (Wildman–Crippen LogP) is 5.29. The topological polar surface area (TPSA) is 128 Å². The fourth-order valence-electron chi connectivity index (χ4n) is 3.46. The molecule has 0 amide bonds. The molecule has 0 fully saturated rings. The third-order valence-electron chi connectivity index (χ3n) is 5.28. The van der Waals surface area contributed by atoms with E-state index < -0.39 is 22.9 Å². The van der Waals surface area contributed by atoms with Crippen molar-refractivity contribution in [3.05, 3.63) is 74.5 Å². The van der Waals surface area contributed by atoms with Crippen LogP contribution in [-0.4, -0.2) is 26.4 Å². The number of phenolic OH excluding ortho intramolecular Hbond substituents is 2. The summed E-state index contributed by atoms with van der Waals surface area (Å²) in [5.74, 6) is -2.64. The summed E-state index contributed by atoms with van der Waals surface area (Å²) in [7, 11) is 0. The van der Waals surface area contributed by atoms with Gasteiger partial charge >= 0.3 is 5.97 Å². The lowest BCUT2D eigenvalue weighted by molar-refractivity contribution is 0.0697. The molecule has 0 unspecified atom stereocenters. The number of phenols is 2. The number of rotatable bonds is 6. The zero-order valence-corrected chi connectivity index (χ0v) is 18.9. The highest BCUT2D eigenvalue weighted by Gasteiger charge is 2.25. The van der Waals surface area contributed by atoms with Gasteiger partial charge in [0.2, 0.25) is 11.2 Å². The normalized spacial score (nSPS) is 10.8. The summed E-state index contributed by atoms with van der Waals surface area (Å²) in [5.41, 5.74) is 1.85. The van der Waals surface area contributed by atoms with Crippen LogP contribution in [0, 0.1) is 0 Å². The molecule has 0 aliphatic heterocycles. The smallest absolute Gasteiger partial charge is 0.335 e. The summed E-state index contributed by atoms with van der Waals surface area (Å²) in [6.07, 6.45) is 4.09. The van der Waals surface area contributed by atoms with Crippen LogP contribution < -0.4 is 5.43 Å². The van der Waals surface area contributed by atoms with E-state index in [1.165, 1.54) is 24.3 Å². The van der Waals surface area contributed by atoms with Crippen molar-refractivity contribution in [2.45, 2.75) is 40.5 Å². The van der Waals surface area contributed by atoms with Crippen LogP contribution in [0.5, 0.6) is 17.2 Å². The van der Waals surface area contributed by atoms with Crippen molar-refractivity contribution >= 4 is 16.9 Å². The molecule has 1 heterocycles. The molecule has 3 aromatic rings. The number of aromatic hydroxyl groups is 3. The van der Waals surface area contributed by atoms with E-state index in [0.29, 0.717) is 5.56 Å². The molecule has 0 saturated carbocycles. The number of carboxylic acids is 1. The van der Waals surface area contributed by atoms with Crippen LogP contribution in [0.2, 0.25) is 0 Å². The van der Waals surface area contributed by atoms with Crippen LogP contribution in [0.3, 0.4) is 0 Å². The molecule has 172 valence electrons. The van der Waals surface area contributed by atoms with Gasteiger partial charge < -0.3 is 24.8 Å². The highest BCUT2D eigenvalue weighted by atomic mass is 16.4. The van der Waals surface area contributed by atoms with Crippen molar-refractivity contribution in [1.29, 1.82) is 0 Å². The minimum absolute atomic E-state index is 0.0322. The molecule has 7 nitrogen and oxygen atoms in total. The number of allylic oxidation sites excluding steroid dienone is 4. The highest BCUT2D eigenvalue weighted by molar-refractivity contribution is 5.93. The first kappa shape index (κ1) is 23.7. The van der Waals surface area contributed by atoms with E-state index >= 15 is 0 Å². The number of carboxylic acid groups (broad SMARTS) is 1. The van der Waals surface area contributed by atoms with Gasteiger partial charge in [0.25, 0.3) is 0 Å². The van der Waals surface area contributed by atoms with Gasteiger partial charge in [-0.25, -0.2) is 4.79 Å². The summed E-state index contributed by atoms with van der Waals surface area (Å²) in [6, 6.07) is 5.46. The van der Waals surface area contributed by atoms with Gasteiger partial charge in [0.1, 0.15) is 22.5 Å². The minimum Gasteiger partial charge on any atom is -0.507 e. The molecule has 33 heavy (non-hydrogen) atoms. The molecule has 2 aromatic carbocycles. The SMILES string of the molecule is CC(C)=CCc1c(O)c(CC=C(C)C)c2oc(-c3ccc(C(=O)O)cc3)c(O)c(=O)c2c1O. The van der Waals surface area contributed by atoms with Crippen molar-refractivity contribution in [2.24, 2.45) is 0 Å². The second-order valence-corrected chi connectivity index (χ2v) is 8.32. The van der Waals surface area contributed by atoms with Gasteiger partial charge in [-0.1, -0.05) is 35.4 Å². The fourth-order valence-corrected chi connectivity index (χ4v) is 3.46. The monoisotopic (exact) mass is 450 g/mol. The molecule has 0 saturated heterocycles. The van der Waals surface area contributed by atoms with Crippen LogP contribution >= 0.6 is 0 Å². The van der Waals surface area contributed by atoms with Crippen LogP contribution in [-0.2, 0) is 12.8 Å². The minimum atomic E-state index is -1.12. The first-order chi connectivity index (χ1) is 15.5. The van der Waals surface area contributed by atoms with E-state index in [0.717, 1.165) is 11.1 Å². The van der Waals surface area contributed by atoms with Crippen molar-refractivity contribution in [2.75, 3.05) is 0 Å². The van der Waals surface area contributed by atoms with Crippen LogP contribution in [0.1, 0.15) is 49.2 Å². The van der Waals surface area contributed by atoms with Crippen LogP contribution in [0.15, 0.2) is 56.8 Å². The van der Waals surface area contributed by atoms with Crippen LogP contribution in [0.4, 0.5) is 0 Å². The maximum Gasteiger partial charge on any atom is 0.335 e. The Morgan fingerprint density at radius 3 is 1.91 bits per heavy atom. The van der Waals surface area contributed by atoms with Crippen molar-refractivity contribution < 1.29 is 29.6 Å². The average Bonchev–Trinajstić information content (AvgIpc) is 2.75. The molecule has 0 aliphatic rings. The molecular formula is C26H26O7. The number of aromatic carboxylic acids is 1. The van der Waals surface area contributed by atoms with E-state index in [4.69, 9.17) is 9.52 Å². The van der Waals surface area contributed by atoms with E-state index in [-0.39, 0.29) is 52.0 Å². The molecule has 0 spiro atoms. The Morgan fingerprint density at radius 1 is 0.848 bits per heavy atom. The lowest BCUT2D eigenvalue weighted by Gasteiger charge is -2.15. The molecule has 0 bridgehead atoms. The maximum absolute atomic E-state index is 13.1. The molecule has 4 N–H and O–H groups in total. The second kappa shape index (κ2) is 9.24. The fraction of sp³-hybridized carbons (Fsp3) is 0.231. The Labute approximate surface area is 190 Å². The maximum atomic E-state index is 13.1. The lowest BCUT2D eigenvalue weighted by Crippen LogP contribution is -2.07. The van der Waals surface area contributed by atoms with E-state index in [9.17, 15) is 24.9 Å². The summed E-state index contributed by atoms with van der Waals surface area (Å²) in [6.45, 7) is 7.53. The van der Waals surface area contributed by atoms with Gasteiger partial charge in [0.15, 0.2) is 5.76 Å². The Kier molecular flexibility index (Phi) is 6.62. The third-order valence-corrected chi connectivity index (χ3v) is 5.28. The van der Waals surface area contributed by atoms with Gasteiger partial charge in [-0.15, -0.1) is 0 Å². The summed E-state index contributed by atoms with van der Waals surface area (Å²) in [4.78, 5) is 24.3. The summed E-state index contributed by atoms with van der Waals surface area (Å²) >= 11 is 0. The standard InChI is InChI=1S/C26H26O7/c1-13(2)5-11-17-20(27)18(12-6-14(3)4)25-19(21(17)28)22(29)23(30)24(33-25)15-7-9-16(10-8-15)26(31)32/h5-10,27-28,30H,11-12H2,1-4H3,(H,31,32). The van der Waals surface area contributed by atoms with Gasteiger partial charge in [-0.05, 0) is 52.7 Å². The first-order valence-corrected chi connectivity index (χ1v) is 10.4. The Bertz CT molecular complexity index is 1350.